The Labute approximate surface area is 128 Å². The fourth-order valence-corrected chi connectivity index (χ4v) is 2.18. The SMILES string of the molecule is CCCNC(C)c1ccc(OCc2ccc(C)cc2)cc1. The summed E-state index contributed by atoms with van der Waals surface area (Å²) in [5, 5.41) is 3.49. The van der Waals surface area contributed by atoms with E-state index < -0.39 is 0 Å². The summed E-state index contributed by atoms with van der Waals surface area (Å²) in [6, 6.07) is 17.2. The van der Waals surface area contributed by atoms with E-state index in [-0.39, 0.29) is 0 Å². The van der Waals surface area contributed by atoms with E-state index in [1.165, 1.54) is 16.7 Å². The van der Waals surface area contributed by atoms with Crippen LogP contribution in [0.5, 0.6) is 5.75 Å². The van der Waals surface area contributed by atoms with E-state index in [4.69, 9.17) is 4.74 Å². The Kier molecular flexibility index (Phi) is 5.82. The fourth-order valence-electron chi connectivity index (χ4n) is 2.18. The quantitative estimate of drug-likeness (QED) is 0.799. The molecule has 0 fully saturated rings. The second kappa shape index (κ2) is 7.84. The first kappa shape index (κ1) is 15.6. The summed E-state index contributed by atoms with van der Waals surface area (Å²) in [6.45, 7) is 8.13. The van der Waals surface area contributed by atoms with Crippen molar-refractivity contribution in [2.24, 2.45) is 0 Å². The summed E-state index contributed by atoms with van der Waals surface area (Å²) < 4.78 is 5.83. The summed E-state index contributed by atoms with van der Waals surface area (Å²) in [5.41, 5.74) is 3.77. The summed E-state index contributed by atoms with van der Waals surface area (Å²) in [6.07, 6.45) is 1.15. The van der Waals surface area contributed by atoms with Gasteiger partial charge in [-0.2, -0.15) is 0 Å². The van der Waals surface area contributed by atoms with Crippen LogP contribution in [0.15, 0.2) is 48.5 Å². The van der Waals surface area contributed by atoms with E-state index in [0.29, 0.717) is 12.6 Å². The largest absolute Gasteiger partial charge is 0.489 e. The highest BCUT2D eigenvalue weighted by Gasteiger charge is 2.04. The van der Waals surface area contributed by atoms with Crippen molar-refractivity contribution in [2.45, 2.75) is 39.8 Å². The van der Waals surface area contributed by atoms with Crippen molar-refractivity contribution in [1.29, 1.82) is 0 Å². The van der Waals surface area contributed by atoms with Crippen LogP contribution in [0.2, 0.25) is 0 Å². The maximum Gasteiger partial charge on any atom is 0.119 e. The topological polar surface area (TPSA) is 21.3 Å². The Bertz CT molecular complexity index is 530. The van der Waals surface area contributed by atoms with Gasteiger partial charge < -0.3 is 10.1 Å². The average Bonchev–Trinajstić information content (AvgIpc) is 2.52. The smallest absolute Gasteiger partial charge is 0.119 e. The van der Waals surface area contributed by atoms with Crippen LogP contribution in [0.3, 0.4) is 0 Å². The van der Waals surface area contributed by atoms with Crippen LogP contribution in [-0.2, 0) is 6.61 Å². The van der Waals surface area contributed by atoms with Gasteiger partial charge in [0.15, 0.2) is 0 Å². The number of hydrogen-bond donors (Lipinski definition) is 1. The monoisotopic (exact) mass is 283 g/mol. The minimum Gasteiger partial charge on any atom is -0.489 e. The van der Waals surface area contributed by atoms with Gasteiger partial charge in [-0.25, -0.2) is 0 Å². The second-order valence-electron chi connectivity index (χ2n) is 5.52. The van der Waals surface area contributed by atoms with Crippen molar-refractivity contribution in [3.63, 3.8) is 0 Å². The first-order valence-electron chi connectivity index (χ1n) is 7.70. The number of rotatable bonds is 7. The molecular weight excluding hydrogens is 258 g/mol. The predicted molar refractivity (Wildman–Crippen MR) is 88.7 cm³/mol. The standard InChI is InChI=1S/C19H25NO/c1-4-13-20-16(3)18-9-11-19(12-10-18)21-14-17-7-5-15(2)6-8-17/h5-12,16,20H,4,13-14H2,1-3H3. The number of hydrogen-bond acceptors (Lipinski definition) is 2. The third kappa shape index (κ3) is 4.91. The van der Waals surface area contributed by atoms with Crippen molar-refractivity contribution in [3.05, 3.63) is 65.2 Å². The van der Waals surface area contributed by atoms with Crippen LogP contribution in [0.4, 0.5) is 0 Å². The average molecular weight is 283 g/mol. The zero-order valence-corrected chi connectivity index (χ0v) is 13.2. The first-order chi connectivity index (χ1) is 10.2. The van der Waals surface area contributed by atoms with Crippen LogP contribution >= 0.6 is 0 Å². The lowest BCUT2D eigenvalue weighted by molar-refractivity contribution is 0.306. The predicted octanol–water partition coefficient (Wildman–Crippen LogP) is 4.63. The third-order valence-corrected chi connectivity index (χ3v) is 3.61. The van der Waals surface area contributed by atoms with Crippen LogP contribution in [0.25, 0.3) is 0 Å². The molecule has 0 bridgehead atoms. The Morgan fingerprint density at radius 1 is 1.00 bits per heavy atom. The van der Waals surface area contributed by atoms with Gasteiger partial charge in [0.25, 0.3) is 0 Å². The van der Waals surface area contributed by atoms with E-state index in [2.05, 4.69) is 62.5 Å². The zero-order valence-electron chi connectivity index (χ0n) is 13.2. The van der Waals surface area contributed by atoms with Gasteiger partial charge in [0.05, 0.1) is 0 Å². The molecule has 0 amide bonds. The highest BCUT2D eigenvalue weighted by molar-refractivity contribution is 5.29. The van der Waals surface area contributed by atoms with Gasteiger partial charge in [-0.3, -0.25) is 0 Å². The van der Waals surface area contributed by atoms with Crippen LogP contribution < -0.4 is 10.1 Å². The molecular formula is C19H25NO. The van der Waals surface area contributed by atoms with Crippen molar-refractivity contribution in [1.82, 2.24) is 5.32 Å². The van der Waals surface area contributed by atoms with Crippen molar-refractivity contribution in [3.8, 4) is 5.75 Å². The number of aryl methyl sites for hydroxylation is 1. The highest BCUT2D eigenvalue weighted by atomic mass is 16.5. The third-order valence-electron chi connectivity index (χ3n) is 3.61. The molecule has 2 rings (SSSR count). The second-order valence-corrected chi connectivity index (χ2v) is 5.52. The van der Waals surface area contributed by atoms with Gasteiger partial charge >= 0.3 is 0 Å². The Morgan fingerprint density at radius 2 is 1.67 bits per heavy atom. The highest BCUT2D eigenvalue weighted by Crippen LogP contribution is 2.18. The maximum atomic E-state index is 5.83. The fraction of sp³-hybridized carbons (Fsp3) is 0.368. The van der Waals surface area contributed by atoms with E-state index in [0.717, 1.165) is 18.7 Å². The van der Waals surface area contributed by atoms with Crippen LogP contribution in [-0.4, -0.2) is 6.54 Å². The Morgan fingerprint density at radius 3 is 2.29 bits per heavy atom. The van der Waals surface area contributed by atoms with Crippen molar-refractivity contribution in [2.75, 3.05) is 6.54 Å². The lowest BCUT2D eigenvalue weighted by atomic mass is 10.1. The maximum absolute atomic E-state index is 5.83. The molecule has 2 aromatic carbocycles. The van der Waals surface area contributed by atoms with Gasteiger partial charge in [-0.05, 0) is 50.1 Å². The molecule has 1 atom stereocenters. The molecule has 112 valence electrons. The molecule has 0 aliphatic heterocycles. The molecule has 0 radical (unpaired) electrons. The number of benzene rings is 2. The molecule has 0 saturated carbocycles. The summed E-state index contributed by atoms with van der Waals surface area (Å²) in [5.74, 6) is 0.919. The molecule has 2 aromatic rings. The molecule has 0 heterocycles. The van der Waals surface area contributed by atoms with Gasteiger partial charge in [0.1, 0.15) is 12.4 Å². The van der Waals surface area contributed by atoms with Gasteiger partial charge in [-0.15, -0.1) is 0 Å². The van der Waals surface area contributed by atoms with Gasteiger partial charge in [-0.1, -0.05) is 48.9 Å². The summed E-state index contributed by atoms with van der Waals surface area (Å²) >= 11 is 0. The molecule has 1 N–H and O–H groups in total. The first-order valence-corrected chi connectivity index (χ1v) is 7.70. The normalized spacial score (nSPS) is 12.1. The van der Waals surface area contributed by atoms with E-state index in [1.54, 1.807) is 0 Å². The van der Waals surface area contributed by atoms with E-state index in [1.807, 2.05) is 12.1 Å². The van der Waals surface area contributed by atoms with Crippen LogP contribution in [0, 0.1) is 6.92 Å². The van der Waals surface area contributed by atoms with E-state index >= 15 is 0 Å². The number of nitrogens with one attached hydrogen (secondary N) is 1. The molecule has 0 aliphatic rings. The molecule has 0 aliphatic carbocycles. The molecule has 0 spiro atoms. The zero-order chi connectivity index (χ0) is 15.1. The molecule has 0 aromatic heterocycles. The molecule has 0 saturated heterocycles. The molecule has 1 unspecified atom stereocenters. The minimum atomic E-state index is 0.385. The van der Waals surface area contributed by atoms with Gasteiger partial charge in [0.2, 0.25) is 0 Å². The Hall–Kier alpha value is -1.80. The summed E-state index contributed by atoms with van der Waals surface area (Å²) in [4.78, 5) is 0. The molecule has 2 nitrogen and oxygen atoms in total. The lowest BCUT2D eigenvalue weighted by Crippen LogP contribution is -2.19. The number of ether oxygens (including phenoxy) is 1. The van der Waals surface area contributed by atoms with E-state index in [9.17, 15) is 0 Å². The van der Waals surface area contributed by atoms with Crippen LogP contribution in [0.1, 0.15) is 43.0 Å². The minimum absolute atomic E-state index is 0.385. The Balaban J connectivity index is 1.88. The van der Waals surface area contributed by atoms with Crippen molar-refractivity contribution < 1.29 is 4.74 Å². The van der Waals surface area contributed by atoms with Crippen molar-refractivity contribution >= 4 is 0 Å². The molecule has 21 heavy (non-hydrogen) atoms. The van der Waals surface area contributed by atoms with Gasteiger partial charge in [0, 0.05) is 6.04 Å². The molecule has 2 heteroatoms. The summed E-state index contributed by atoms with van der Waals surface area (Å²) in [7, 11) is 0. The lowest BCUT2D eigenvalue weighted by Gasteiger charge is -2.14.